The molecule has 32 heavy (non-hydrogen) atoms. The Morgan fingerprint density at radius 1 is 0.969 bits per heavy atom. The molecule has 0 aliphatic rings. The average Bonchev–Trinajstić information content (AvgIpc) is 3.23. The zero-order valence-corrected chi connectivity index (χ0v) is 17.1. The molecule has 0 saturated heterocycles. The lowest BCUT2D eigenvalue weighted by molar-refractivity contribution is -0.137. The Morgan fingerprint density at radius 2 is 1.69 bits per heavy atom. The van der Waals surface area contributed by atoms with Gasteiger partial charge in [0.05, 0.1) is 5.56 Å². The predicted molar refractivity (Wildman–Crippen MR) is 113 cm³/mol. The molecule has 3 aromatic carbocycles. The van der Waals surface area contributed by atoms with E-state index < -0.39 is 17.8 Å². The lowest BCUT2D eigenvalue weighted by atomic mass is 10.0. The predicted octanol–water partition coefficient (Wildman–Crippen LogP) is 5.16. The topological polar surface area (TPSA) is 60.2 Å². The van der Waals surface area contributed by atoms with Gasteiger partial charge in [-0.3, -0.25) is 0 Å². The maximum Gasteiger partial charge on any atom is 0.416 e. The van der Waals surface area contributed by atoms with Crippen molar-refractivity contribution in [2.75, 3.05) is 0 Å². The summed E-state index contributed by atoms with van der Waals surface area (Å²) in [6.45, 7) is 0.291. The highest BCUT2D eigenvalue weighted by Gasteiger charge is 2.29. The number of hydrogen-bond acceptors (Lipinski definition) is 4. The molecule has 0 unspecified atom stereocenters. The maximum absolute atomic E-state index is 12.8. The van der Waals surface area contributed by atoms with E-state index in [1.165, 1.54) is 18.5 Å². The number of rotatable bonds is 6. The summed E-state index contributed by atoms with van der Waals surface area (Å²) in [5, 5.41) is 18.1. The fourth-order valence-corrected chi connectivity index (χ4v) is 3.29. The third-order valence-corrected chi connectivity index (χ3v) is 5.06. The zero-order valence-electron chi connectivity index (χ0n) is 17.1. The average molecular weight is 439 g/mol. The van der Waals surface area contributed by atoms with Gasteiger partial charge < -0.3 is 14.4 Å². The van der Waals surface area contributed by atoms with Gasteiger partial charge in [-0.1, -0.05) is 42.5 Å². The number of aryl methyl sites for hydroxylation is 1. The Labute approximate surface area is 182 Å². The van der Waals surface area contributed by atoms with Crippen molar-refractivity contribution < 1.29 is 23.0 Å². The van der Waals surface area contributed by atoms with Crippen LogP contribution < -0.4 is 4.74 Å². The number of alkyl halides is 3. The van der Waals surface area contributed by atoms with Crippen molar-refractivity contribution in [1.82, 2.24) is 14.8 Å². The Balaban J connectivity index is 1.42. The van der Waals surface area contributed by atoms with Crippen LogP contribution in [-0.4, -0.2) is 19.9 Å². The first-order valence-electron chi connectivity index (χ1n) is 9.82. The Bertz CT molecular complexity index is 1190. The minimum absolute atomic E-state index is 0.291. The van der Waals surface area contributed by atoms with Gasteiger partial charge in [0, 0.05) is 7.05 Å². The van der Waals surface area contributed by atoms with E-state index in [1.807, 2.05) is 24.3 Å². The summed E-state index contributed by atoms with van der Waals surface area (Å²) < 4.78 is 45.8. The second kappa shape index (κ2) is 8.84. The van der Waals surface area contributed by atoms with Crippen LogP contribution in [0.1, 0.15) is 28.6 Å². The molecular formula is C24H20F3N3O2. The molecule has 0 aliphatic heterocycles. The number of aliphatic hydroxyl groups excluding tert-OH is 1. The highest BCUT2D eigenvalue weighted by Crippen LogP contribution is 2.31. The summed E-state index contributed by atoms with van der Waals surface area (Å²) in [6.07, 6.45) is -3.72. The second-order valence-corrected chi connectivity index (χ2v) is 7.34. The van der Waals surface area contributed by atoms with E-state index >= 15 is 0 Å². The van der Waals surface area contributed by atoms with Crippen LogP contribution in [0.4, 0.5) is 13.2 Å². The maximum atomic E-state index is 12.8. The largest absolute Gasteiger partial charge is 0.489 e. The van der Waals surface area contributed by atoms with Crippen LogP contribution in [0.2, 0.25) is 0 Å². The van der Waals surface area contributed by atoms with E-state index in [0.29, 0.717) is 29.3 Å². The molecule has 1 heterocycles. The highest BCUT2D eigenvalue weighted by molar-refractivity contribution is 5.64. The number of benzene rings is 3. The molecule has 0 radical (unpaired) electrons. The molecule has 4 aromatic rings. The summed E-state index contributed by atoms with van der Waals surface area (Å²) in [6, 6.07) is 19.6. The van der Waals surface area contributed by atoms with Crippen molar-refractivity contribution in [2.24, 2.45) is 7.05 Å². The van der Waals surface area contributed by atoms with Crippen LogP contribution in [0.25, 0.3) is 11.1 Å². The molecular weight excluding hydrogens is 419 g/mol. The van der Waals surface area contributed by atoms with E-state index in [0.717, 1.165) is 23.3 Å². The minimum atomic E-state index is -4.35. The number of ether oxygens (including phenoxy) is 1. The van der Waals surface area contributed by atoms with Gasteiger partial charge in [0.15, 0.2) is 5.82 Å². The third-order valence-electron chi connectivity index (χ3n) is 5.06. The second-order valence-electron chi connectivity index (χ2n) is 7.34. The third kappa shape index (κ3) is 4.81. The molecule has 0 fully saturated rings. The number of aliphatic hydroxyl groups is 1. The van der Waals surface area contributed by atoms with E-state index in [9.17, 15) is 18.3 Å². The van der Waals surface area contributed by atoms with Crippen LogP contribution in [0.3, 0.4) is 0 Å². The van der Waals surface area contributed by atoms with Crippen molar-refractivity contribution >= 4 is 0 Å². The first-order valence-corrected chi connectivity index (χ1v) is 9.82. The quantitative estimate of drug-likeness (QED) is 0.451. The van der Waals surface area contributed by atoms with Gasteiger partial charge in [0.25, 0.3) is 0 Å². The lowest BCUT2D eigenvalue weighted by Gasteiger charge is -2.12. The molecule has 1 N–H and O–H groups in total. The van der Waals surface area contributed by atoms with Crippen LogP contribution in [-0.2, 0) is 19.8 Å². The lowest BCUT2D eigenvalue weighted by Crippen LogP contribution is -2.07. The number of aromatic nitrogens is 3. The van der Waals surface area contributed by atoms with E-state index in [1.54, 1.807) is 35.9 Å². The van der Waals surface area contributed by atoms with E-state index in [4.69, 9.17) is 4.74 Å². The molecule has 0 aliphatic carbocycles. The number of hydrogen-bond donors (Lipinski definition) is 1. The summed E-state index contributed by atoms with van der Waals surface area (Å²) in [7, 11) is 1.76. The number of halogens is 3. The zero-order chi connectivity index (χ0) is 22.7. The van der Waals surface area contributed by atoms with E-state index in [-0.39, 0.29) is 0 Å². The molecule has 0 bridgehead atoms. The SMILES string of the molecule is Cn1cnnc1[C@H](O)c1ccc(OCc2cccc(-c3ccc(C(F)(F)F)cc3)c2)cc1. The fourth-order valence-electron chi connectivity index (χ4n) is 3.29. The smallest absolute Gasteiger partial charge is 0.416 e. The molecule has 8 heteroatoms. The van der Waals surface area contributed by atoms with Gasteiger partial charge in [-0.2, -0.15) is 13.2 Å². The van der Waals surface area contributed by atoms with Gasteiger partial charge in [0.1, 0.15) is 24.8 Å². The molecule has 4 rings (SSSR count). The molecule has 0 amide bonds. The van der Waals surface area contributed by atoms with Gasteiger partial charge in [-0.25, -0.2) is 0 Å². The Morgan fingerprint density at radius 3 is 2.31 bits per heavy atom. The van der Waals surface area contributed by atoms with E-state index in [2.05, 4.69) is 10.2 Å². The van der Waals surface area contributed by atoms with Crippen molar-refractivity contribution in [1.29, 1.82) is 0 Å². The van der Waals surface area contributed by atoms with Crippen molar-refractivity contribution in [3.8, 4) is 16.9 Å². The summed E-state index contributed by atoms with van der Waals surface area (Å²) in [4.78, 5) is 0. The summed E-state index contributed by atoms with van der Waals surface area (Å²) >= 11 is 0. The standard InChI is InChI=1S/C24H20F3N3O2/c1-30-15-28-29-23(30)22(31)18-7-11-21(12-8-18)32-14-16-3-2-4-19(13-16)17-5-9-20(10-6-17)24(25,26)27/h2-13,15,22,31H,14H2,1H3/t22-/m1/s1. The van der Waals surface area contributed by atoms with Crippen molar-refractivity contribution in [3.05, 3.63) is 102 Å². The first kappa shape index (κ1) is 21.6. The summed E-state index contributed by atoms with van der Waals surface area (Å²) in [5.74, 6) is 1.07. The molecule has 1 aromatic heterocycles. The Kier molecular flexibility index (Phi) is 5.96. The molecule has 164 valence electrons. The van der Waals surface area contributed by atoms with Crippen molar-refractivity contribution in [3.63, 3.8) is 0 Å². The van der Waals surface area contributed by atoms with Crippen LogP contribution in [0.15, 0.2) is 79.1 Å². The van der Waals surface area contributed by atoms with Crippen LogP contribution >= 0.6 is 0 Å². The van der Waals surface area contributed by atoms with Crippen molar-refractivity contribution in [2.45, 2.75) is 18.9 Å². The fraction of sp³-hybridized carbons (Fsp3) is 0.167. The normalized spacial score (nSPS) is 12.5. The summed E-state index contributed by atoms with van der Waals surface area (Å²) in [5.41, 5.74) is 2.38. The monoisotopic (exact) mass is 439 g/mol. The number of nitrogens with zero attached hydrogens (tertiary/aromatic N) is 3. The highest BCUT2D eigenvalue weighted by atomic mass is 19.4. The molecule has 1 atom stereocenters. The van der Waals surface area contributed by atoms with Gasteiger partial charge >= 0.3 is 6.18 Å². The molecule has 5 nitrogen and oxygen atoms in total. The first-order chi connectivity index (χ1) is 15.3. The molecule has 0 saturated carbocycles. The van der Waals surface area contributed by atoms with Gasteiger partial charge in [0.2, 0.25) is 0 Å². The van der Waals surface area contributed by atoms with Gasteiger partial charge in [-0.15, -0.1) is 10.2 Å². The van der Waals surface area contributed by atoms with Crippen LogP contribution in [0.5, 0.6) is 5.75 Å². The van der Waals surface area contributed by atoms with Gasteiger partial charge in [-0.05, 0) is 52.6 Å². The molecule has 0 spiro atoms. The minimum Gasteiger partial charge on any atom is -0.489 e. The van der Waals surface area contributed by atoms with Crippen LogP contribution in [0, 0.1) is 0 Å². The Hall–Kier alpha value is -3.65.